The van der Waals surface area contributed by atoms with Gasteiger partial charge in [-0.3, -0.25) is 9.88 Å². The summed E-state index contributed by atoms with van der Waals surface area (Å²) in [7, 11) is 2.21. The van der Waals surface area contributed by atoms with Gasteiger partial charge in [-0.15, -0.1) is 0 Å². The van der Waals surface area contributed by atoms with Gasteiger partial charge in [0.15, 0.2) is 0 Å². The largest absolute Gasteiger partial charge is 0.302 e. The van der Waals surface area contributed by atoms with Gasteiger partial charge in [0.25, 0.3) is 0 Å². The van der Waals surface area contributed by atoms with Crippen LogP contribution in [0.15, 0.2) is 55.1 Å². The van der Waals surface area contributed by atoms with Gasteiger partial charge in [0.1, 0.15) is 0 Å². The molecule has 0 amide bonds. The minimum Gasteiger partial charge on any atom is -0.302 e. The lowest BCUT2D eigenvalue weighted by Gasteiger charge is -2.21. The van der Waals surface area contributed by atoms with E-state index in [0.29, 0.717) is 0 Å². The molecule has 3 aromatic heterocycles. The highest BCUT2D eigenvalue weighted by Crippen LogP contribution is 2.21. The molecule has 0 spiro atoms. The molecule has 1 fully saturated rings. The van der Waals surface area contributed by atoms with Crippen molar-refractivity contribution in [2.24, 2.45) is 5.92 Å². The molecule has 1 saturated heterocycles. The Kier molecular flexibility index (Phi) is 4.76. The summed E-state index contributed by atoms with van der Waals surface area (Å²) in [6.45, 7) is 5.45. The maximum Gasteiger partial charge on any atom is 0.0706 e. The monoisotopic (exact) mass is 335 g/mol. The van der Waals surface area contributed by atoms with Gasteiger partial charge in [-0.05, 0) is 49.7 Å². The van der Waals surface area contributed by atoms with Gasteiger partial charge in [-0.2, -0.15) is 5.10 Å². The third-order valence-corrected chi connectivity index (χ3v) is 5.02. The molecule has 1 aliphatic heterocycles. The average molecular weight is 335 g/mol. The highest BCUT2D eigenvalue weighted by molar-refractivity contribution is 5.53. The lowest BCUT2D eigenvalue weighted by molar-refractivity contribution is 0.255. The second-order valence-corrected chi connectivity index (χ2v) is 7.15. The first-order valence-electron chi connectivity index (χ1n) is 8.99. The second-order valence-electron chi connectivity index (χ2n) is 7.15. The van der Waals surface area contributed by atoms with Crippen molar-refractivity contribution in [1.82, 2.24) is 24.4 Å². The van der Waals surface area contributed by atoms with E-state index in [2.05, 4.69) is 45.1 Å². The van der Waals surface area contributed by atoms with E-state index in [-0.39, 0.29) is 0 Å². The van der Waals surface area contributed by atoms with Gasteiger partial charge in [0, 0.05) is 50.3 Å². The van der Waals surface area contributed by atoms with Crippen LogP contribution in [-0.4, -0.2) is 51.1 Å². The van der Waals surface area contributed by atoms with Crippen LogP contribution >= 0.6 is 0 Å². The fraction of sp³-hybridized carbons (Fsp3) is 0.400. The van der Waals surface area contributed by atoms with Crippen LogP contribution in [0.5, 0.6) is 0 Å². The van der Waals surface area contributed by atoms with E-state index in [1.165, 1.54) is 36.2 Å². The number of pyridine rings is 2. The standard InChI is InChI=1S/C20H25N5/c1-23(13-17-5-4-8-21-11-17)14-18-7-10-24(15-18)16-19-12-22-25-9-3-2-6-20(19)25/h2-6,8-9,11-12,18H,7,10,13-16H2,1H3. The number of nitrogens with zero attached hydrogens (tertiary/aromatic N) is 5. The van der Waals surface area contributed by atoms with Gasteiger partial charge < -0.3 is 4.90 Å². The van der Waals surface area contributed by atoms with E-state index in [9.17, 15) is 0 Å². The first-order chi connectivity index (χ1) is 12.3. The Labute approximate surface area is 148 Å². The fourth-order valence-electron chi connectivity index (χ4n) is 3.86. The van der Waals surface area contributed by atoms with Crippen molar-refractivity contribution in [3.8, 4) is 0 Å². The molecule has 1 atom stereocenters. The Morgan fingerprint density at radius 2 is 2.16 bits per heavy atom. The summed E-state index contributed by atoms with van der Waals surface area (Å²) in [6.07, 6.45) is 9.09. The maximum atomic E-state index is 4.45. The predicted molar refractivity (Wildman–Crippen MR) is 99.1 cm³/mol. The van der Waals surface area contributed by atoms with Gasteiger partial charge >= 0.3 is 0 Å². The zero-order valence-electron chi connectivity index (χ0n) is 14.8. The molecule has 4 heterocycles. The highest BCUT2D eigenvalue weighted by atomic mass is 15.2. The van der Waals surface area contributed by atoms with Crippen LogP contribution in [0.3, 0.4) is 0 Å². The van der Waals surface area contributed by atoms with Crippen molar-refractivity contribution < 1.29 is 0 Å². The summed E-state index contributed by atoms with van der Waals surface area (Å²) in [6, 6.07) is 10.4. The number of aromatic nitrogens is 3. The van der Waals surface area contributed by atoms with E-state index < -0.39 is 0 Å². The first-order valence-corrected chi connectivity index (χ1v) is 8.99. The normalized spacial score (nSPS) is 18.4. The summed E-state index contributed by atoms with van der Waals surface area (Å²) in [5.74, 6) is 0.739. The average Bonchev–Trinajstić information content (AvgIpc) is 3.23. The minimum absolute atomic E-state index is 0.739. The molecular weight excluding hydrogens is 310 g/mol. The molecule has 0 saturated carbocycles. The lowest BCUT2D eigenvalue weighted by atomic mass is 10.1. The molecule has 0 aliphatic carbocycles. The van der Waals surface area contributed by atoms with Crippen molar-refractivity contribution >= 4 is 5.52 Å². The van der Waals surface area contributed by atoms with E-state index in [1.54, 1.807) is 0 Å². The van der Waals surface area contributed by atoms with Crippen molar-refractivity contribution in [3.63, 3.8) is 0 Å². The van der Waals surface area contributed by atoms with Crippen LogP contribution in [0.2, 0.25) is 0 Å². The van der Waals surface area contributed by atoms with Crippen molar-refractivity contribution in [3.05, 3.63) is 66.2 Å². The minimum atomic E-state index is 0.739. The van der Waals surface area contributed by atoms with Crippen molar-refractivity contribution in [2.75, 3.05) is 26.7 Å². The Morgan fingerprint density at radius 3 is 3.04 bits per heavy atom. The van der Waals surface area contributed by atoms with Crippen LogP contribution in [0.4, 0.5) is 0 Å². The number of hydrogen-bond acceptors (Lipinski definition) is 4. The Balaban J connectivity index is 1.31. The number of fused-ring (bicyclic) bond motifs is 1. The number of likely N-dealkylation sites (tertiary alicyclic amines) is 1. The van der Waals surface area contributed by atoms with Crippen molar-refractivity contribution in [1.29, 1.82) is 0 Å². The molecule has 130 valence electrons. The summed E-state index contributed by atoms with van der Waals surface area (Å²) in [5, 5.41) is 4.45. The molecule has 0 aromatic carbocycles. The summed E-state index contributed by atoms with van der Waals surface area (Å²) >= 11 is 0. The molecule has 4 rings (SSSR count). The fourth-order valence-corrected chi connectivity index (χ4v) is 3.86. The molecule has 0 radical (unpaired) electrons. The van der Waals surface area contributed by atoms with Crippen LogP contribution < -0.4 is 0 Å². The number of hydrogen-bond donors (Lipinski definition) is 0. The van der Waals surface area contributed by atoms with Crippen LogP contribution in [-0.2, 0) is 13.1 Å². The predicted octanol–water partition coefficient (Wildman–Crippen LogP) is 2.68. The smallest absolute Gasteiger partial charge is 0.0706 e. The van der Waals surface area contributed by atoms with Crippen LogP contribution in [0.25, 0.3) is 5.52 Å². The van der Waals surface area contributed by atoms with Crippen LogP contribution in [0, 0.1) is 5.92 Å². The first kappa shape index (κ1) is 16.2. The van der Waals surface area contributed by atoms with Gasteiger partial charge in [-0.1, -0.05) is 12.1 Å². The SMILES string of the molecule is CN(Cc1cccnc1)CC1CCN(Cc2cnn3ccccc23)C1. The zero-order chi connectivity index (χ0) is 17.1. The quantitative estimate of drug-likeness (QED) is 0.694. The van der Waals surface area contributed by atoms with Crippen LogP contribution in [0.1, 0.15) is 17.5 Å². The summed E-state index contributed by atoms with van der Waals surface area (Å²) < 4.78 is 1.96. The summed E-state index contributed by atoms with van der Waals surface area (Å²) in [4.78, 5) is 9.18. The highest BCUT2D eigenvalue weighted by Gasteiger charge is 2.24. The zero-order valence-corrected chi connectivity index (χ0v) is 14.8. The van der Waals surface area contributed by atoms with E-state index in [1.807, 2.05) is 41.4 Å². The second kappa shape index (κ2) is 7.33. The molecule has 0 bridgehead atoms. The molecule has 1 aliphatic rings. The van der Waals surface area contributed by atoms with Gasteiger partial charge in [-0.25, -0.2) is 4.52 Å². The molecule has 5 heteroatoms. The lowest BCUT2D eigenvalue weighted by Crippen LogP contribution is -2.28. The molecule has 1 unspecified atom stereocenters. The molecule has 3 aromatic rings. The third-order valence-electron chi connectivity index (χ3n) is 5.02. The van der Waals surface area contributed by atoms with Gasteiger partial charge in [0.2, 0.25) is 0 Å². The molecule has 5 nitrogen and oxygen atoms in total. The number of rotatable bonds is 6. The molecule has 25 heavy (non-hydrogen) atoms. The Morgan fingerprint density at radius 1 is 1.20 bits per heavy atom. The van der Waals surface area contributed by atoms with E-state index in [4.69, 9.17) is 0 Å². The van der Waals surface area contributed by atoms with E-state index >= 15 is 0 Å². The Hall–Kier alpha value is -2.24. The molecule has 0 N–H and O–H groups in total. The third kappa shape index (κ3) is 3.89. The Bertz CT molecular complexity index is 813. The summed E-state index contributed by atoms with van der Waals surface area (Å²) in [5.41, 5.74) is 3.83. The topological polar surface area (TPSA) is 36.7 Å². The van der Waals surface area contributed by atoms with Crippen molar-refractivity contribution in [2.45, 2.75) is 19.5 Å². The van der Waals surface area contributed by atoms with Gasteiger partial charge in [0.05, 0.1) is 11.7 Å². The van der Waals surface area contributed by atoms with E-state index in [0.717, 1.165) is 25.6 Å². The molecular formula is C20H25N5. The maximum absolute atomic E-state index is 4.45.